The molecule has 0 saturated carbocycles. The van der Waals surface area contributed by atoms with Gasteiger partial charge in [-0.25, -0.2) is 0 Å². The zero-order chi connectivity index (χ0) is 13.8. The van der Waals surface area contributed by atoms with E-state index in [0.717, 1.165) is 32.4 Å². The molecule has 0 aromatic heterocycles. The van der Waals surface area contributed by atoms with E-state index in [2.05, 4.69) is 5.32 Å². The number of rotatable bonds is 2. The van der Waals surface area contributed by atoms with E-state index in [9.17, 15) is 15.0 Å². The number of nitrogens with zero attached hydrogens (tertiary/aromatic N) is 1. The number of phenolic OH excluding ortho intramolecular Hbond substituents is 2. The molecule has 5 nitrogen and oxygen atoms in total. The largest absolute Gasteiger partial charge is 0.504 e. The van der Waals surface area contributed by atoms with Crippen LogP contribution in [-0.2, 0) is 0 Å². The minimum absolute atomic E-state index is 0.123. The van der Waals surface area contributed by atoms with E-state index in [-0.39, 0.29) is 23.4 Å². The maximum atomic E-state index is 12.3. The number of nitrogens with one attached hydrogen (secondary N) is 1. The Balaban J connectivity index is 2.10. The molecule has 1 heterocycles. The maximum absolute atomic E-state index is 12.3. The average Bonchev–Trinajstić information content (AvgIpc) is 2.69. The third-order valence-corrected chi connectivity index (χ3v) is 3.64. The number of hydrogen-bond donors (Lipinski definition) is 3. The summed E-state index contributed by atoms with van der Waals surface area (Å²) >= 11 is 0. The van der Waals surface area contributed by atoms with Gasteiger partial charge in [0.2, 0.25) is 0 Å². The standard InChI is InChI=1S/C14H20N2O3/c1-16(11-3-2-7-15-8-6-11)14(19)10-4-5-12(17)13(18)9-10/h4-5,9,11,15,17-18H,2-3,6-8H2,1H3. The lowest BCUT2D eigenvalue weighted by Crippen LogP contribution is -2.37. The number of hydrogen-bond acceptors (Lipinski definition) is 4. The van der Waals surface area contributed by atoms with Crippen LogP contribution in [0.15, 0.2) is 18.2 Å². The normalized spacial score (nSPS) is 19.7. The lowest BCUT2D eigenvalue weighted by Gasteiger charge is -2.27. The Kier molecular flexibility index (Phi) is 4.27. The molecular formula is C14H20N2O3. The molecule has 1 fully saturated rings. The van der Waals surface area contributed by atoms with E-state index in [1.165, 1.54) is 18.2 Å². The van der Waals surface area contributed by atoms with Crippen LogP contribution in [0.25, 0.3) is 0 Å². The van der Waals surface area contributed by atoms with E-state index < -0.39 is 0 Å². The monoisotopic (exact) mass is 264 g/mol. The summed E-state index contributed by atoms with van der Waals surface area (Å²) in [5.74, 6) is -0.596. The van der Waals surface area contributed by atoms with E-state index >= 15 is 0 Å². The van der Waals surface area contributed by atoms with Crippen molar-refractivity contribution in [2.45, 2.75) is 25.3 Å². The van der Waals surface area contributed by atoms with Crippen LogP contribution in [0.1, 0.15) is 29.6 Å². The fourth-order valence-electron chi connectivity index (χ4n) is 2.41. The van der Waals surface area contributed by atoms with Gasteiger partial charge in [-0.3, -0.25) is 4.79 Å². The van der Waals surface area contributed by atoms with Gasteiger partial charge in [-0.15, -0.1) is 0 Å². The molecule has 0 spiro atoms. The van der Waals surface area contributed by atoms with Gasteiger partial charge in [0.15, 0.2) is 11.5 Å². The van der Waals surface area contributed by atoms with E-state index in [1.54, 1.807) is 11.9 Å². The second-order valence-electron chi connectivity index (χ2n) is 4.95. The quantitative estimate of drug-likeness (QED) is 0.704. The molecule has 1 aliphatic heterocycles. The second-order valence-corrected chi connectivity index (χ2v) is 4.95. The van der Waals surface area contributed by atoms with Crippen LogP contribution in [0.3, 0.4) is 0 Å². The van der Waals surface area contributed by atoms with Crippen molar-refractivity contribution in [3.05, 3.63) is 23.8 Å². The summed E-state index contributed by atoms with van der Waals surface area (Å²) < 4.78 is 0. The van der Waals surface area contributed by atoms with Crippen molar-refractivity contribution in [1.29, 1.82) is 0 Å². The first kappa shape index (κ1) is 13.7. The summed E-state index contributed by atoms with van der Waals surface area (Å²) in [5.41, 5.74) is 0.398. The van der Waals surface area contributed by atoms with Gasteiger partial charge in [0, 0.05) is 18.7 Å². The molecule has 1 atom stereocenters. The van der Waals surface area contributed by atoms with Gasteiger partial charge in [-0.1, -0.05) is 0 Å². The molecule has 0 aliphatic carbocycles. The lowest BCUT2D eigenvalue weighted by molar-refractivity contribution is 0.0720. The van der Waals surface area contributed by atoms with Gasteiger partial charge in [0.25, 0.3) is 5.91 Å². The Morgan fingerprint density at radius 3 is 2.79 bits per heavy atom. The summed E-state index contributed by atoms with van der Waals surface area (Å²) in [5, 5.41) is 22.0. The van der Waals surface area contributed by atoms with Crippen LogP contribution < -0.4 is 5.32 Å². The average molecular weight is 264 g/mol. The van der Waals surface area contributed by atoms with Gasteiger partial charge < -0.3 is 20.4 Å². The van der Waals surface area contributed by atoms with Gasteiger partial charge in [-0.2, -0.15) is 0 Å². The third-order valence-electron chi connectivity index (χ3n) is 3.64. The number of aromatic hydroxyl groups is 2. The fourth-order valence-corrected chi connectivity index (χ4v) is 2.41. The van der Waals surface area contributed by atoms with Crippen molar-refractivity contribution in [2.24, 2.45) is 0 Å². The topological polar surface area (TPSA) is 72.8 Å². The van der Waals surface area contributed by atoms with Crippen LogP contribution in [0.5, 0.6) is 11.5 Å². The molecule has 1 aliphatic rings. The van der Waals surface area contributed by atoms with E-state index in [4.69, 9.17) is 0 Å². The predicted octanol–water partition coefficient (Wildman–Crippen LogP) is 1.31. The molecule has 3 N–H and O–H groups in total. The van der Waals surface area contributed by atoms with Crippen molar-refractivity contribution < 1.29 is 15.0 Å². The molecule has 1 aromatic carbocycles. The molecule has 104 valence electrons. The summed E-state index contributed by atoms with van der Waals surface area (Å²) in [4.78, 5) is 14.1. The molecule has 1 aromatic rings. The zero-order valence-corrected chi connectivity index (χ0v) is 11.1. The smallest absolute Gasteiger partial charge is 0.253 e. The molecule has 1 saturated heterocycles. The highest BCUT2D eigenvalue weighted by Crippen LogP contribution is 2.26. The fraction of sp³-hybridized carbons (Fsp3) is 0.500. The van der Waals surface area contributed by atoms with Gasteiger partial charge in [-0.05, 0) is 50.6 Å². The first-order valence-electron chi connectivity index (χ1n) is 6.59. The Hall–Kier alpha value is -1.75. The van der Waals surface area contributed by atoms with Gasteiger partial charge >= 0.3 is 0 Å². The molecule has 1 amide bonds. The Morgan fingerprint density at radius 1 is 1.26 bits per heavy atom. The molecule has 19 heavy (non-hydrogen) atoms. The van der Waals surface area contributed by atoms with E-state index in [0.29, 0.717) is 5.56 Å². The van der Waals surface area contributed by atoms with Crippen molar-refractivity contribution in [1.82, 2.24) is 10.2 Å². The highest BCUT2D eigenvalue weighted by atomic mass is 16.3. The summed E-state index contributed by atoms with van der Waals surface area (Å²) in [6.45, 7) is 1.92. The molecule has 2 rings (SSSR count). The number of carbonyl (C=O) groups excluding carboxylic acids is 1. The Labute approximate surface area is 112 Å². The molecule has 0 bridgehead atoms. The SMILES string of the molecule is CN(C(=O)c1ccc(O)c(O)c1)C1CCCNCC1. The van der Waals surface area contributed by atoms with Crippen molar-refractivity contribution in [2.75, 3.05) is 20.1 Å². The maximum Gasteiger partial charge on any atom is 0.253 e. The third kappa shape index (κ3) is 3.17. The molecule has 5 heteroatoms. The number of phenols is 2. The first-order valence-corrected chi connectivity index (χ1v) is 6.59. The van der Waals surface area contributed by atoms with Crippen molar-refractivity contribution in [3.63, 3.8) is 0 Å². The summed E-state index contributed by atoms with van der Waals surface area (Å²) in [7, 11) is 1.79. The van der Waals surface area contributed by atoms with Crippen molar-refractivity contribution in [3.8, 4) is 11.5 Å². The summed E-state index contributed by atoms with van der Waals surface area (Å²) in [6, 6.07) is 4.40. The van der Waals surface area contributed by atoms with Crippen LogP contribution in [0.2, 0.25) is 0 Å². The van der Waals surface area contributed by atoms with Crippen molar-refractivity contribution >= 4 is 5.91 Å². The summed E-state index contributed by atoms with van der Waals surface area (Å²) in [6.07, 6.45) is 2.98. The van der Waals surface area contributed by atoms with Gasteiger partial charge in [0.1, 0.15) is 0 Å². The number of benzene rings is 1. The Morgan fingerprint density at radius 2 is 2.05 bits per heavy atom. The molecule has 1 unspecified atom stereocenters. The van der Waals surface area contributed by atoms with Crippen LogP contribution in [0.4, 0.5) is 0 Å². The first-order chi connectivity index (χ1) is 9.09. The minimum atomic E-state index is -0.262. The van der Waals surface area contributed by atoms with E-state index in [1.807, 2.05) is 0 Å². The molecular weight excluding hydrogens is 244 g/mol. The van der Waals surface area contributed by atoms with Gasteiger partial charge in [0.05, 0.1) is 0 Å². The second kappa shape index (κ2) is 5.93. The highest BCUT2D eigenvalue weighted by Gasteiger charge is 2.22. The van der Waals surface area contributed by atoms with Crippen LogP contribution >= 0.6 is 0 Å². The van der Waals surface area contributed by atoms with Crippen LogP contribution in [0, 0.1) is 0 Å². The Bertz CT molecular complexity index is 454. The minimum Gasteiger partial charge on any atom is -0.504 e. The lowest BCUT2D eigenvalue weighted by atomic mass is 10.1. The van der Waals surface area contributed by atoms with Crippen LogP contribution in [-0.4, -0.2) is 47.2 Å². The highest BCUT2D eigenvalue weighted by molar-refractivity contribution is 5.94. The predicted molar refractivity (Wildman–Crippen MR) is 72.4 cm³/mol. The number of amides is 1. The number of carbonyl (C=O) groups is 1. The molecule has 0 radical (unpaired) electrons. The zero-order valence-electron chi connectivity index (χ0n) is 11.1.